The fraction of sp³-hybridized carbons (Fsp3) is 0.500. The predicted octanol–water partition coefficient (Wildman–Crippen LogP) is 0.869. The van der Waals surface area contributed by atoms with Crippen LogP contribution in [0.1, 0.15) is 24.1 Å². The second-order valence-corrected chi connectivity index (χ2v) is 5.54. The largest absolute Gasteiger partial charge is 0.338 e. The summed E-state index contributed by atoms with van der Waals surface area (Å²) in [5.41, 5.74) is 8.04. The van der Waals surface area contributed by atoms with Gasteiger partial charge < -0.3 is 20.9 Å². The zero-order chi connectivity index (χ0) is 16.1. The summed E-state index contributed by atoms with van der Waals surface area (Å²) in [4.78, 5) is 27.7. The van der Waals surface area contributed by atoms with Crippen LogP contribution in [-0.2, 0) is 4.79 Å². The number of nitrogens with zero attached hydrogens (tertiary/aromatic N) is 2. The maximum atomic E-state index is 12.5. The van der Waals surface area contributed by atoms with Gasteiger partial charge in [-0.25, -0.2) is 4.79 Å². The highest BCUT2D eigenvalue weighted by molar-refractivity contribution is 5.83. The van der Waals surface area contributed by atoms with Crippen LogP contribution in [-0.4, -0.2) is 54.5 Å². The first-order valence-electron chi connectivity index (χ1n) is 7.66. The van der Waals surface area contributed by atoms with Crippen LogP contribution in [0.3, 0.4) is 0 Å². The van der Waals surface area contributed by atoms with E-state index in [9.17, 15) is 9.59 Å². The van der Waals surface area contributed by atoms with E-state index in [1.54, 1.807) is 9.80 Å². The monoisotopic (exact) mass is 304 g/mol. The third kappa shape index (κ3) is 3.76. The van der Waals surface area contributed by atoms with Crippen molar-refractivity contribution in [3.8, 4) is 0 Å². The van der Waals surface area contributed by atoms with E-state index in [1.807, 2.05) is 38.1 Å². The summed E-state index contributed by atoms with van der Waals surface area (Å²) in [6, 6.07) is 6.98. The lowest BCUT2D eigenvalue weighted by Crippen LogP contribution is -2.54. The van der Waals surface area contributed by atoms with Crippen molar-refractivity contribution in [1.82, 2.24) is 15.1 Å². The molecule has 1 fully saturated rings. The van der Waals surface area contributed by atoms with Crippen LogP contribution in [0, 0.1) is 6.92 Å². The van der Waals surface area contributed by atoms with E-state index in [0.717, 1.165) is 11.1 Å². The SMILES string of the molecule is CCNC(=O)N1CCN(C(=O)C(N)c2ccc(C)cc2)CC1. The molecule has 3 amide bonds. The molecule has 0 spiro atoms. The van der Waals surface area contributed by atoms with Crippen molar-refractivity contribution in [3.63, 3.8) is 0 Å². The Labute approximate surface area is 131 Å². The first-order valence-corrected chi connectivity index (χ1v) is 7.66. The summed E-state index contributed by atoms with van der Waals surface area (Å²) >= 11 is 0. The highest BCUT2D eigenvalue weighted by atomic mass is 16.2. The van der Waals surface area contributed by atoms with Crippen LogP contribution >= 0.6 is 0 Å². The Morgan fingerprint density at radius 3 is 2.23 bits per heavy atom. The molecule has 0 aliphatic carbocycles. The Bertz CT molecular complexity index is 521. The summed E-state index contributed by atoms with van der Waals surface area (Å²) in [6.07, 6.45) is 0. The van der Waals surface area contributed by atoms with Gasteiger partial charge in [0.05, 0.1) is 0 Å². The van der Waals surface area contributed by atoms with Gasteiger partial charge in [0.25, 0.3) is 0 Å². The second kappa shape index (κ2) is 7.26. The number of piperazine rings is 1. The number of amides is 3. The van der Waals surface area contributed by atoms with Gasteiger partial charge in [-0.15, -0.1) is 0 Å². The van der Waals surface area contributed by atoms with Gasteiger partial charge in [0.1, 0.15) is 6.04 Å². The molecule has 1 aromatic carbocycles. The van der Waals surface area contributed by atoms with Crippen LogP contribution < -0.4 is 11.1 Å². The van der Waals surface area contributed by atoms with Crippen LogP contribution in [0.2, 0.25) is 0 Å². The van der Waals surface area contributed by atoms with Gasteiger partial charge in [-0.3, -0.25) is 4.79 Å². The lowest BCUT2D eigenvalue weighted by atomic mass is 10.0. The van der Waals surface area contributed by atoms with E-state index in [4.69, 9.17) is 5.73 Å². The normalized spacial score (nSPS) is 16.3. The fourth-order valence-corrected chi connectivity index (χ4v) is 2.51. The van der Waals surface area contributed by atoms with Crippen molar-refractivity contribution in [1.29, 1.82) is 0 Å². The molecule has 3 N–H and O–H groups in total. The van der Waals surface area contributed by atoms with Gasteiger partial charge in [0.2, 0.25) is 5.91 Å². The Morgan fingerprint density at radius 2 is 1.68 bits per heavy atom. The van der Waals surface area contributed by atoms with Gasteiger partial charge in [-0.1, -0.05) is 29.8 Å². The molecule has 0 saturated carbocycles. The molecule has 0 bridgehead atoms. The molecule has 1 atom stereocenters. The van der Waals surface area contributed by atoms with Crippen LogP contribution in [0.4, 0.5) is 4.79 Å². The van der Waals surface area contributed by atoms with E-state index in [1.165, 1.54) is 0 Å². The quantitative estimate of drug-likeness (QED) is 0.869. The molecule has 6 heteroatoms. The molecular formula is C16H24N4O2. The molecule has 120 valence electrons. The van der Waals surface area contributed by atoms with Crippen molar-refractivity contribution >= 4 is 11.9 Å². The van der Waals surface area contributed by atoms with Crippen LogP contribution in [0.25, 0.3) is 0 Å². The van der Waals surface area contributed by atoms with Crippen molar-refractivity contribution < 1.29 is 9.59 Å². The van der Waals surface area contributed by atoms with Gasteiger partial charge in [0.15, 0.2) is 0 Å². The van der Waals surface area contributed by atoms with E-state index in [-0.39, 0.29) is 11.9 Å². The fourth-order valence-electron chi connectivity index (χ4n) is 2.51. The van der Waals surface area contributed by atoms with Gasteiger partial charge in [-0.2, -0.15) is 0 Å². The predicted molar refractivity (Wildman–Crippen MR) is 85.3 cm³/mol. The van der Waals surface area contributed by atoms with Gasteiger partial charge in [-0.05, 0) is 19.4 Å². The third-order valence-electron chi connectivity index (χ3n) is 3.91. The lowest BCUT2D eigenvalue weighted by Gasteiger charge is -2.35. The standard InChI is InChI=1S/C16H24N4O2/c1-3-18-16(22)20-10-8-19(9-11-20)15(21)14(17)13-6-4-12(2)5-7-13/h4-7,14H,3,8-11,17H2,1-2H3,(H,18,22). The number of urea groups is 1. The molecule has 6 nitrogen and oxygen atoms in total. The molecule has 0 aromatic heterocycles. The number of nitrogens with one attached hydrogen (secondary N) is 1. The lowest BCUT2D eigenvalue weighted by molar-refractivity contribution is -0.134. The molecule has 1 aromatic rings. The van der Waals surface area contributed by atoms with E-state index in [0.29, 0.717) is 32.7 Å². The maximum Gasteiger partial charge on any atom is 0.317 e. The van der Waals surface area contributed by atoms with Crippen molar-refractivity contribution in [2.45, 2.75) is 19.9 Å². The zero-order valence-electron chi connectivity index (χ0n) is 13.2. The van der Waals surface area contributed by atoms with Crippen molar-refractivity contribution in [3.05, 3.63) is 35.4 Å². The molecule has 1 aliphatic rings. The van der Waals surface area contributed by atoms with Crippen molar-refractivity contribution in [2.75, 3.05) is 32.7 Å². The average Bonchev–Trinajstić information content (AvgIpc) is 2.54. The Hall–Kier alpha value is -2.08. The number of nitrogens with two attached hydrogens (primary N) is 1. The number of hydrogen-bond acceptors (Lipinski definition) is 3. The third-order valence-corrected chi connectivity index (χ3v) is 3.91. The molecule has 1 saturated heterocycles. The van der Waals surface area contributed by atoms with Crippen molar-refractivity contribution in [2.24, 2.45) is 5.73 Å². The number of benzene rings is 1. The van der Waals surface area contributed by atoms with Gasteiger partial charge >= 0.3 is 6.03 Å². The molecule has 2 rings (SSSR count). The summed E-state index contributed by atoms with van der Waals surface area (Å²) in [5.74, 6) is -0.0839. The minimum Gasteiger partial charge on any atom is -0.338 e. The van der Waals surface area contributed by atoms with E-state index < -0.39 is 6.04 Å². The number of hydrogen-bond donors (Lipinski definition) is 2. The average molecular weight is 304 g/mol. The molecule has 1 unspecified atom stereocenters. The summed E-state index contributed by atoms with van der Waals surface area (Å²) < 4.78 is 0. The van der Waals surface area contributed by atoms with E-state index in [2.05, 4.69) is 5.32 Å². The summed E-state index contributed by atoms with van der Waals surface area (Å²) in [6.45, 7) is 6.62. The Balaban J connectivity index is 1.91. The molecule has 22 heavy (non-hydrogen) atoms. The molecule has 0 radical (unpaired) electrons. The Kier molecular flexibility index (Phi) is 5.38. The number of carbonyl (C=O) groups is 2. The topological polar surface area (TPSA) is 78.7 Å². The first-order chi connectivity index (χ1) is 10.5. The highest BCUT2D eigenvalue weighted by Gasteiger charge is 2.27. The molecule has 1 heterocycles. The summed E-state index contributed by atoms with van der Waals surface area (Å²) in [7, 11) is 0. The zero-order valence-corrected chi connectivity index (χ0v) is 13.2. The van der Waals surface area contributed by atoms with Crippen LogP contribution in [0.15, 0.2) is 24.3 Å². The smallest absolute Gasteiger partial charge is 0.317 e. The molecule has 1 aliphatic heterocycles. The number of rotatable bonds is 3. The van der Waals surface area contributed by atoms with E-state index >= 15 is 0 Å². The first kappa shape index (κ1) is 16.3. The highest BCUT2D eigenvalue weighted by Crippen LogP contribution is 2.15. The molecular weight excluding hydrogens is 280 g/mol. The number of carbonyl (C=O) groups excluding carboxylic acids is 2. The Morgan fingerprint density at radius 1 is 1.14 bits per heavy atom. The second-order valence-electron chi connectivity index (χ2n) is 5.54. The maximum absolute atomic E-state index is 12.5. The van der Waals surface area contributed by atoms with Gasteiger partial charge in [0, 0.05) is 32.7 Å². The number of aryl methyl sites for hydroxylation is 1. The minimum absolute atomic E-state index is 0.0718. The summed E-state index contributed by atoms with van der Waals surface area (Å²) in [5, 5.41) is 2.77. The van der Waals surface area contributed by atoms with Crippen LogP contribution in [0.5, 0.6) is 0 Å². The minimum atomic E-state index is -0.642.